The van der Waals surface area contributed by atoms with E-state index in [-0.39, 0.29) is 5.56 Å². The van der Waals surface area contributed by atoms with Crippen LogP contribution in [0.5, 0.6) is 0 Å². The van der Waals surface area contributed by atoms with Gasteiger partial charge in [0.1, 0.15) is 0 Å². The molecule has 1 aromatic carbocycles. The van der Waals surface area contributed by atoms with Crippen LogP contribution in [-0.4, -0.2) is 64.5 Å². The van der Waals surface area contributed by atoms with Gasteiger partial charge in [-0.05, 0) is 18.2 Å². The van der Waals surface area contributed by atoms with Crippen molar-refractivity contribution in [2.75, 3.05) is 44.8 Å². The predicted molar refractivity (Wildman–Crippen MR) is 99.7 cm³/mol. The molecule has 4 rings (SSSR count). The number of nitrogens with zero attached hydrogens (tertiary/aromatic N) is 6. The van der Waals surface area contributed by atoms with Gasteiger partial charge in [0.05, 0.1) is 36.9 Å². The van der Waals surface area contributed by atoms with E-state index < -0.39 is 0 Å². The number of methoxy groups -OCH3 is 1. The molecule has 0 bridgehead atoms. The van der Waals surface area contributed by atoms with Crippen LogP contribution in [0.4, 0.5) is 5.69 Å². The Balaban J connectivity index is 1.46. The summed E-state index contributed by atoms with van der Waals surface area (Å²) in [6, 6.07) is 5.86. The van der Waals surface area contributed by atoms with Gasteiger partial charge in [-0.15, -0.1) is 10.2 Å². The zero-order valence-corrected chi connectivity index (χ0v) is 15.2. The summed E-state index contributed by atoms with van der Waals surface area (Å²) < 4.78 is 11.8. The van der Waals surface area contributed by atoms with E-state index in [1.807, 2.05) is 18.2 Å². The van der Waals surface area contributed by atoms with Crippen LogP contribution in [0.2, 0.25) is 0 Å². The zero-order chi connectivity index (χ0) is 18.6. The minimum atomic E-state index is -0.0343. The highest BCUT2D eigenvalue weighted by Crippen LogP contribution is 2.20. The molecule has 0 atom stereocenters. The lowest BCUT2D eigenvalue weighted by Gasteiger charge is -2.35. The molecule has 0 amide bonds. The van der Waals surface area contributed by atoms with Gasteiger partial charge in [-0.1, -0.05) is 0 Å². The van der Waals surface area contributed by atoms with Crippen molar-refractivity contribution >= 4 is 16.6 Å². The lowest BCUT2D eigenvalue weighted by molar-refractivity contribution is 0.186. The number of hydrogen-bond acceptors (Lipinski definition) is 8. The van der Waals surface area contributed by atoms with Crippen molar-refractivity contribution < 1.29 is 9.15 Å². The number of fused-ring (bicyclic) bond motifs is 1. The molecule has 9 heteroatoms. The Morgan fingerprint density at radius 2 is 2.07 bits per heavy atom. The minimum Gasteiger partial charge on any atom is -0.427 e. The molecule has 0 N–H and O–H groups in total. The van der Waals surface area contributed by atoms with Crippen molar-refractivity contribution in [3.05, 3.63) is 47.2 Å². The molecule has 3 heterocycles. The average molecular weight is 370 g/mol. The normalized spacial score (nSPS) is 15.5. The molecule has 1 fully saturated rings. The fraction of sp³-hybridized carbons (Fsp3) is 0.444. The number of aromatic nitrogens is 4. The molecule has 9 nitrogen and oxygen atoms in total. The van der Waals surface area contributed by atoms with Crippen LogP contribution in [0, 0.1) is 0 Å². The Kier molecular flexibility index (Phi) is 5.12. The van der Waals surface area contributed by atoms with Gasteiger partial charge in [0, 0.05) is 39.0 Å². The largest absolute Gasteiger partial charge is 0.427 e. The Morgan fingerprint density at radius 1 is 1.22 bits per heavy atom. The summed E-state index contributed by atoms with van der Waals surface area (Å²) >= 11 is 0. The van der Waals surface area contributed by atoms with Crippen LogP contribution >= 0.6 is 0 Å². The third-order valence-electron chi connectivity index (χ3n) is 4.85. The second kappa shape index (κ2) is 7.85. The standard InChI is InChI=1S/C18H22N6O3/c1-26-9-8-24-12-19-16-10-14(2-3-15(16)18(24)25)23-6-4-22(5-7-23)11-17-21-20-13-27-17/h2-3,10,12-13H,4-9,11H2,1H3. The molecule has 1 saturated heterocycles. The fourth-order valence-electron chi connectivity index (χ4n) is 3.31. The summed E-state index contributed by atoms with van der Waals surface area (Å²) in [7, 11) is 1.62. The number of anilines is 1. The Bertz CT molecular complexity index is 947. The first-order chi connectivity index (χ1) is 13.2. The maximum Gasteiger partial charge on any atom is 0.261 e. The van der Waals surface area contributed by atoms with Crippen LogP contribution in [0.15, 0.2) is 40.1 Å². The van der Waals surface area contributed by atoms with Crippen molar-refractivity contribution in [1.82, 2.24) is 24.6 Å². The fourth-order valence-corrected chi connectivity index (χ4v) is 3.31. The number of hydrogen-bond donors (Lipinski definition) is 0. The van der Waals surface area contributed by atoms with E-state index >= 15 is 0 Å². The van der Waals surface area contributed by atoms with Gasteiger partial charge in [0.2, 0.25) is 12.3 Å². The van der Waals surface area contributed by atoms with E-state index in [0.717, 1.165) is 37.4 Å². The summed E-state index contributed by atoms with van der Waals surface area (Å²) in [6.07, 6.45) is 2.95. The van der Waals surface area contributed by atoms with Crippen molar-refractivity contribution in [3.8, 4) is 0 Å². The van der Waals surface area contributed by atoms with E-state index in [9.17, 15) is 4.79 Å². The SMILES string of the molecule is COCCn1cnc2cc(N3CCN(Cc4nnco4)CC3)ccc2c1=O. The molecule has 1 aliphatic rings. The maximum absolute atomic E-state index is 12.5. The Labute approximate surface area is 156 Å². The van der Waals surface area contributed by atoms with Gasteiger partial charge in [0.15, 0.2) is 0 Å². The first-order valence-electron chi connectivity index (χ1n) is 8.95. The third-order valence-corrected chi connectivity index (χ3v) is 4.85. The van der Waals surface area contributed by atoms with Crippen molar-refractivity contribution in [2.45, 2.75) is 13.1 Å². The van der Waals surface area contributed by atoms with Crippen molar-refractivity contribution in [2.24, 2.45) is 0 Å². The van der Waals surface area contributed by atoms with Crippen molar-refractivity contribution in [3.63, 3.8) is 0 Å². The molecule has 0 unspecified atom stereocenters. The number of benzene rings is 1. The lowest BCUT2D eigenvalue weighted by atomic mass is 10.2. The highest BCUT2D eigenvalue weighted by Gasteiger charge is 2.19. The van der Waals surface area contributed by atoms with Crippen LogP contribution in [0.1, 0.15) is 5.89 Å². The molecule has 0 spiro atoms. The number of rotatable bonds is 6. The van der Waals surface area contributed by atoms with Gasteiger partial charge in [-0.2, -0.15) is 0 Å². The van der Waals surface area contributed by atoms with Crippen LogP contribution in [0.3, 0.4) is 0 Å². The molecule has 142 valence electrons. The topological polar surface area (TPSA) is 89.5 Å². The van der Waals surface area contributed by atoms with Gasteiger partial charge < -0.3 is 14.1 Å². The van der Waals surface area contributed by atoms with Crippen LogP contribution in [-0.2, 0) is 17.8 Å². The van der Waals surface area contributed by atoms with E-state index in [0.29, 0.717) is 31.0 Å². The molecule has 3 aromatic rings. The molecule has 0 aliphatic carbocycles. The van der Waals surface area contributed by atoms with Gasteiger partial charge in [-0.3, -0.25) is 14.3 Å². The van der Waals surface area contributed by atoms with Crippen LogP contribution < -0.4 is 10.5 Å². The second-order valence-corrected chi connectivity index (χ2v) is 6.53. The van der Waals surface area contributed by atoms with Gasteiger partial charge in [0.25, 0.3) is 5.56 Å². The monoisotopic (exact) mass is 370 g/mol. The molecule has 1 aliphatic heterocycles. The van der Waals surface area contributed by atoms with Gasteiger partial charge in [-0.25, -0.2) is 4.98 Å². The smallest absolute Gasteiger partial charge is 0.261 e. The minimum absolute atomic E-state index is 0.0343. The highest BCUT2D eigenvalue weighted by atomic mass is 16.5. The highest BCUT2D eigenvalue weighted by molar-refractivity contribution is 5.81. The van der Waals surface area contributed by atoms with Gasteiger partial charge >= 0.3 is 0 Å². The molecule has 2 aromatic heterocycles. The Hall–Kier alpha value is -2.78. The van der Waals surface area contributed by atoms with E-state index in [1.165, 1.54) is 6.39 Å². The van der Waals surface area contributed by atoms with Crippen molar-refractivity contribution in [1.29, 1.82) is 0 Å². The quantitative estimate of drug-likeness (QED) is 0.628. The molecule has 0 radical (unpaired) electrons. The first kappa shape index (κ1) is 17.6. The third kappa shape index (κ3) is 3.83. The van der Waals surface area contributed by atoms with E-state index in [2.05, 4.69) is 25.0 Å². The molecular formula is C18H22N6O3. The van der Waals surface area contributed by atoms with E-state index in [4.69, 9.17) is 9.15 Å². The summed E-state index contributed by atoms with van der Waals surface area (Å²) in [5.74, 6) is 0.642. The Morgan fingerprint density at radius 3 is 2.81 bits per heavy atom. The molecule has 0 saturated carbocycles. The number of piperazine rings is 1. The molecule has 27 heavy (non-hydrogen) atoms. The number of ether oxygens (including phenoxy) is 1. The summed E-state index contributed by atoms with van der Waals surface area (Å²) in [4.78, 5) is 21.6. The first-order valence-corrected chi connectivity index (χ1v) is 8.95. The summed E-state index contributed by atoms with van der Waals surface area (Å²) in [5.41, 5.74) is 1.77. The maximum atomic E-state index is 12.5. The average Bonchev–Trinajstić information content (AvgIpc) is 3.21. The predicted octanol–water partition coefficient (Wildman–Crippen LogP) is 0.748. The zero-order valence-electron chi connectivity index (χ0n) is 15.2. The molecular weight excluding hydrogens is 348 g/mol. The summed E-state index contributed by atoms with van der Waals surface area (Å²) in [6.45, 7) is 5.27. The van der Waals surface area contributed by atoms with E-state index in [1.54, 1.807) is 18.0 Å². The van der Waals surface area contributed by atoms with Crippen LogP contribution in [0.25, 0.3) is 10.9 Å². The second-order valence-electron chi connectivity index (χ2n) is 6.53. The lowest BCUT2D eigenvalue weighted by Crippen LogP contribution is -2.46. The summed E-state index contributed by atoms with van der Waals surface area (Å²) in [5, 5.41) is 8.28.